The average molecular weight is 335 g/mol. The molecule has 0 saturated carbocycles. The van der Waals surface area contributed by atoms with E-state index in [4.69, 9.17) is 4.74 Å². The van der Waals surface area contributed by atoms with E-state index >= 15 is 0 Å². The molecule has 0 bridgehead atoms. The number of aryl methyl sites for hydroxylation is 1. The summed E-state index contributed by atoms with van der Waals surface area (Å²) in [5.74, 6) is 1.72. The molecule has 1 aliphatic heterocycles. The molecule has 128 valence electrons. The lowest BCUT2D eigenvalue weighted by Gasteiger charge is -2.25. The number of rotatable bonds is 4. The summed E-state index contributed by atoms with van der Waals surface area (Å²) < 4.78 is 7.79. The van der Waals surface area contributed by atoms with Crippen molar-refractivity contribution < 1.29 is 9.53 Å². The number of hydrogen-bond donors (Lipinski definition) is 1. The lowest BCUT2D eigenvalue weighted by Crippen LogP contribution is -2.34. The highest BCUT2D eigenvalue weighted by Gasteiger charge is 2.27. The van der Waals surface area contributed by atoms with Crippen LogP contribution in [0.4, 0.5) is 0 Å². The normalized spacial score (nSPS) is 16.3. The van der Waals surface area contributed by atoms with Crippen LogP contribution in [0, 0.1) is 6.92 Å². The van der Waals surface area contributed by atoms with Gasteiger partial charge in [-0.3, -0.25) is 4.79 Å². The van der Waals surface area contributed by atoms with Gasteiger partial charge in [0.15, 0.2) is 0 Å². The number of carbonyl (C=O) groups is 1. The SMILES string of the molecule is Cc1nc2ccccc2n1CCNC(=O)[C@@H]1CCOc2ccccc21. The van der Waals surface area contributed by atoms with Crippen LogP contribution in [-0.2, 0) is 11.3 Å². The second-order valence-electron chi connectivity index (χ2n) is 6.32. The van der Waals surface area contributed by atoms with Gasteiger partial charge in [0.1, 0.15) is 11.6 Å². The first kappa shape index (κ1) is 15.7. The van der Waals surface area contributed by atoms with Crippen molar-refractivity contribution >= 4 is 16.9 Å². The number of fused-ring (bicyclic) bond motifs is 2. The second-order valence-corrected chi connectivity index (χ2v) is 6.32. The summed E-state index contributed by atoms with van der Waals surface area (Å²) in [5.41, 5.74) is 3.07. The summed E-state index contributed by atoms with van der Waals surface area (Å²) in [5, 5.41) is 3.08. The Kier molecular flexibility index (Phi) is 4.14. The Bertz CT molecular complexity index is 916. The van der Waals surface area contributed by atoms with E-state index in [1.165, 1.54) is 0 Å². The molecule has 3 aromatic rings. The summed E-state index contributed by atoms with van der Waals surface area (Å²) in [7, 11) is 0. The molecule has 0 saturated heterocycles. The smallest absolute Gasteiger partial charge is 0.227 e. The molecule has 1 N–H and O–H groups in total. The Morgan fingerprint density at radius 2 is 2.04 bits per heavy atom. The fourth-order valence-electron chi connectivity index (χ4n) is 3.51. The van der Waals surface area contributed by atoms with Gasteiger partial charge in [-0.2, -0.15) is 0 Å². The predicted octanol–water partition coefficient (Wildman–Crippen LogP) is 3.03. The molecule has 0 fully saturated rings. The van der Waals surface area contributed by atoms with Gasteiger partial charge < -0.3 is 14.6 Å². The number of amides is 1. The van der Waals surface area contributed by atoms with E-state index in [1.54, 1.807) is 0 Å². The Labute approximate surface area is 146 Å². The van der Waals surface area contributed by atoms with Gasteiger partial charge in [0.2, 0.25) is 5.91 Å². The van der Waals surface area contributed by atoms with Gasteiger partial charge in [-0.05, 0) is 31.5 Å². The highest BCUT2D eigenvalue weighted by molar-refractivity contribution is 5.84. The monoisotopic (exact) mass is 335 g/mol. The first-order valence-corrected chi connectivity index (χ1v) is 8.65. The van der Waals surface area contributed by atoms with E-state index in [1.807, 2.05) is 49.4 Å². The van der Waals surface area contributed by atoms with Crippen LogP contribution < -0.4 is 10.1 Å². The van der Waals surface area contributed by atoms with E-state index in [0.717, 1.165) is 34.6 Å². The zero-order valence-electron chi connectivity index (χ0n) is 14.2. The van der Waals surface area contributed by atoms with Crippen molar-refractivity contribution in [2.24, 2.45) is 0 Å². The number of carbonyl (C=O) groups excluding carboxylic acids is 1. The van der Waals surface area contributed by atoms with Crippen LogP contribution in [0.25, 0.3) is 11.0 Å². The first-order chi connectivity index (χ1) is 12.2. The number of aromatic nitrogens is 2. The molecule has 1 aliphatic rings. The van der Waals surface area contributed by atoms with E-state index in [0.29, 0.717) is 19.7 Å². The molecular formula is C20H21N3O2. The van der Waals surface area contributed by atoms with Crippen LogP contribution in [-0.4, -0.2) is 28.6 Å². The molecule has 0 spiro atoms. The van der Waals surface area contributed by atoms with Crippen molar-refractivity contribution in [1.82, 2.24) is 14.9 Å². The molecule has 2 heterocycles. The van der Waals surface area contributed by atoms with E-state index in [-0.39, 0.29) is 11.8 Å². The standard InChI is InChI=1S/C20H21N3O2/c1-14-22-17-7-3-4-8-18(17)23(14)12-11-21-20(24)16-10-13-25-19-9-5-2-6-15(16)19/h2-9,16H,10-13H2,1H3,(H,21,24)/t16-/m1/s1. The van der Waals surface area contributed by atoms with Gasteiger partial charge in [0.25, 0.3) is 0 Å². The lowest BCUT2D eigenvalue weighted by atomic mass is 9.92. The van der Waals surface area contributed by atoms with Crippen LogP contribution in [0.3, 0.4) is 0 Å². The third-order valence-corrected chi connectivity index (χ3v) is 4.76. The fraction of sp³-hybridized carbons (Fsp3) is 0.300. The highest BCUT2D eigenvalue weighted by atomic mass is 16.5. The first-order valence-electron chi connectivity index (χ1n) is 8.65. The molecule has 1 amide bonds. The third-order valence-electron chi connectivity index (χ3n) is 4.76. The number of nitrogens with one attached hydrogen (secondary N) is 1. The number of ether oxygens (including phenoxy) is 1. The third kappa shape index (κ3) is 2.97. The van der Waals surface area contributed by atoms with Crippen molar-refractivity contribution in [2.45, 2.75) is 25.8 Å². The van der Waals surface area contributed by atoms with Crippen molar-refractivity contribution in [3.05, 3.63) is 59.9 Å². The topological polar surface area (TPSA) is 56.2 Å². The van der Waals surface area contributed by atoms with Crippen LogP contribution >= 0.6 is 0 Å². The minimum Gasteiger partial charge on any atom is -0.493 e. The van der Waals surface area contributed by atoms with Gasteiger partial charge in [0, 0.05) is 18.7 Å². The molecule has 4 rings (SSSR count). The number of imidazole rings is 1. The van der Waals surface area contributed by atoms with E-state index in [2.05, 4.69) is 20.9 Å². The maximum Gasteiger partial charge on any atom is 0.227 e. The fourth-order valence-corrected chi connectivity index (χ4v) is 3.51. The Hall–Kier alpha value is -2.82. The van der Waals surface area contributed by atoms with Crippen molar-refractivity contribution in [2.75, 3.05) is 13.2 Å². The van der Waals surface area contributed by atoms with E-state index in [9.17, 15) is 4.79 Å². The number of nitrogens with zero attached hydrogens (tertiary/aromatic N) is 2. The minimum atomic E-state index is -0.134. The van der Waals surface area contributed by atoms with Crippen LogP contribution in [0.5, 0.6) is 5.75 Å². The zero-order chi connectivity index (χ0) is 17.2. The van der Waals surface area contributed by atoms with E-state index < -0.39 is 0 Å². The van der Waals surface area contributed by atoms with Gasteiger partial charge in [-0.1, -0.05) is 30.3 Å². The van der Waals surface area contributed by atoms with Crippen LogP contribution in [0.1, 0.15) is 23.7 Å². The van der Waals surface area contributed by atoms with Crippen LogP contribution in [0.2, 0.25) is 0 Å². The summed E-state index contributed by atoms with van der Waals surface area (Å²) in [6.07, 6.45) is 0.718. The Morgan fingerprint density at radius 1 is 1.24 bits per heavy atom. The molecule has 2 aromatic carbocycles. The molecule has 0 radical (unpaired) electrons. The van der Waals surface area contributed by atoms with Crippen molar-refractivity contribution in [1.29, 1.82) is 0 Å². The molecular weight excluding hydrogens is 314 g/mol. The molecule has 25 heavy (non-hydrogen) atoms. The van der Waals surface area contributed by atoms with Gasteiger partial charge in [-0.25, -0.2) is 4.98 Å². The molecule has 0 unspecified atom stereocenters. The molecule has 0 aliphatic carbocycles. The summed E-state index contributed by atoms with van der Waals surface area (Å²) in [6, 6.07) is 15.9. The summed E-state index contributed by atoms with van der Waals surface area (Å²) in [6.45, 7) is 3.87. The lowest BCUT2D eigenvalue weighted by molar-refractivity contribution is -0.123. The molecule has 1 atom stereocenters. The van der Waals surface area contributed by atoms with Gasteiger partial charge in [0.05, 0.1) is 23.6 Å². The maximum absolute atomic E-state index is 12.6. The quantitative estimate of drug-likeness (QED) is 0.797. The zero-order valence-corrected chi connectivity index (χ0v) is 14.2. The number of para-hydroxylation sites is 3. The van der Waals surface area contributed by atoms with Crippen LogP contribution in [0.15, 0.2) is 48.5 Å². The molecule has 5 nitrogen and oxygen atoms in total. The molecule has 1 aromatic heterocycles. The van der Waals surface area contributed by atoms with Gasteiger partial charge >= 0.3 is 0 Å². The molecule has 5 heteroatoms. The second kappa shape index (κ2) is 6.59. The minimum absolute atomic E-state index is 0.0674. The van der Waals surface area contributed by atoms with Gasteiger partial charge in [-0.15, -0.1) is 0 Å². The largest absolute Gasteiger partial charge is 0.493 e. The number of benzene rings is 2. The van der Waals surface area contributed by atoms with Crippen molar-refractivity contribution in [3.63, 3.8) is 0 Å². The Morgan fingerprint density at radius 3 is 2.96 bits per heavy atom. The summed E-state index contributed by atoms with van der Waals surface area (Å²) >= 11 is 0. The van der Waals surface area contributed by atoms with Crippen molar-refractivity contribution in [3.8, 4) is 5.75 Å². The Balaban J connectivity index is 1.44. The summed E-state index contributed by atoms with van der Waals surface area (Å²) in [4.78, 5) is 17.2. The average Bonchev–Trinajstić information content (AvgIpc) is 2.96. The maximum atomic E-state index is 12.6. The number of hydrogen-bond acceptors (Lipinski definition) is 3. The predicted molar refractivity (Wildman–Crippen MR) is 96.8 cm³/mol. The highest BCUT2D eigenvalue weighted by Crippen LogP contribution is 2.33.